The highest BCUT2D eigenvalue weighted by atomic mass is 127. The second-order valence-corrected chi connectivity index (χ2v) is 10.3. The van der Waals surface area contributed by atoms with E-state index < -0.39 is 0 Å². The summed E-state index contributed by atoms with van der Waals surface area (Å²) in [4.78, 5) is 16.5. The van der Waals surface area contributed by atoms with Crippen LogP contribution in [0.3, 0.4) is 0 Å². The Kier molecular flexibility index (Phi) is 7.12. The van der Waals surface area contributed by atoms with Gasteiger partial charge in [0.15, 0.2) is 0 Å². The van der Waals surface area contributed by atoms with Gasteiger partial charge in [-0.15, -0.1) is 0 Å². The van der Waals surface area contributed by atoms with Crippen LogP contribution in [0.5, 0.6) is 11.8 Å². The van der Waals surface area contributed by atoms with Crippen LogP contribution in [0.15, 0.2) is 61.1 Å². The predicted molar refractivity (Wildman–Crippen MR) is 147 cm³/mol. The van der Waals surface area contributed by atoms with Gasteiger partial charge >= 0.3 is 6.01 Å². The summed E-state index contributed by atoms with van der Waals surface area (Å²) in [6.45, 7) is 7.67. The van der Waals surface area contributed by atoms with Crippen LogP contribution in [-0.2, 0) is 0 Å². The first-order valence-corrected chi connectivity index (χ1v) is 12.9. The summed E-state index contributed by atoms with van der Waals surface area (Å²) in [5.41, 5.74) is 11.8. The lowest BCUT2D eigenvalue weighted by atomic mass is 10.1. The van der Waals surface area contributed by atoms with E-state index in [1.807, 2.05) is 24.5 Å². The van der Waals surface area contributed by atoms with Gasteiger partial charge in [0.25, 0.3) is 0 Å². The lowest BCUT2D eigenvalue weighted by Crippen LogP contribution is -2.27. The zero-order valence-electron chi connectivity index (χ0n) is 20.0. The van der Waals surface area contributed by atoms with Crippen molar-refractivity contribution in [3.63, 3.8) is 0 Å². The average Bonchev–Trinajstić information content (AvgIpc) is 3.46. The molecule has 0 bridgehead atoms. The van der Waals surface area contributed by atoms with E-state index in [1.165, 1.54) is 3.57 Å². The summed E-state index contributed by atoms with van der Waals surface area (Å²) in [5.74, 6) is 0.735. The number of imidazole rings is 1. The van der Waals surface area contributed by atoms with Crippen LogP contribution >= 0.6 is 22.6 Å². The summed E-state index contributed by atoms with van der Waals surface area (Å²) in [6.07, 6.45) is 4.75. The number of aryl methyl sites for hydroxylation is 2. The third-order valence-corrected chi connectivity index (χ3v) is 7.00. The molecule has 1 aliphatic heterocycles. The first-order valence-electron chi connectivity index (χ1n) is 11.8. The standard InChI is InChI=1S/C27H29IN6O/c1-18-13-19(2)15-23(14-18)35-27-30-10-7-24(32-27)26-25(20-3-5-21(28)6-4-20)31-17-34(26)22-8-11-33(16-22)12-9-29/h3-7,10,13-15,17,22H,8-9,11-12,16,29H2,1-2H3/t22-/m0/s1. The lowest BCUT2D eigenvalue weighted by molar-refractivity contribution is 0.333. The van der Waals surface area contributed by atoms with Gasteiger partial charge in [0.05, 0.1) is 23.4 Å². The van der Waals surface area contributed by atoms with Gasteiger partial charge in [0.2, 0.25) is 0 Å². The highest BCUT2D eigenvalue weighted by molar-refractivity contribution is 14.1. The van der Waals surface area contributed by atoms with E-state index in [1.54, 1.807) is 6.20 Å². The van der Waals surface area contributed by atoms with Crippen molar-refractivity contribution in [2.75, 3.05) is 26.2 Å². The van der Waals surface area contributed by atoms with Crippen LogP contribution in [-0.4, -0.2) is 50.6 Å². The molecular formula is C27H29IN6O. The molecule has 1 saturated heterocycles. The molecule has 3 heterocycles. The van der Waals surface area contributed by atoms with Crippen molar-refractivity contribution < 1.29 is 4.74 Å². The number of benzene rings is 2. The maximum absolute atomic E-state index is 6.08. The van der Waals surface area contributed by atoms with Crippen LogP contribution in [0.2, 0.25) is 0 Å². The molecule has 1 fully saturated rings. The lowest BCUT2D eigenvalue weighted by Gasteiger charge is -2.18. The topological polar surface area (TPSA) is 82.1 Å². The number of nitrogens with zero attached hydrogens (tertiary/aromatic N) is 5. The van der Waals surface area contributed by atoms with Gasteiger partial charge in [-0.1, -0.05) is 18.2 Å². The quantitative estimate of drug-likeness (QED) is 0.302. The summed E-state index contributed by atoms with van der Waals surface area (Å²) < 4.78 is 9.54. The van der Waals surface area contributed by atoms with Gasteiger partial charge in [-0.05, 0) is 84.3 Å². The molecule has 2 aromatic carbocycles. The minimum atomic E-state index is 0.306. The minimum Gasteiger partial charge on any atom is -0.424 e. The molecule has 8 heteroatoms. The molecule has 0 spiro atoms. The zero-order valence-corrected chi connectivity index (χ0v) is 22.1. The van der Waals surface area contributed by atoms with Crippen LogP contribution in [0.1, 0.15) is 23.6 Å². The van der Waals surface area contributed by atoms with Gasteiger partial charge in [0, 0.05) is 47.6 Å². The van der Waals surface area contributed by atoms with Crippen molar-refractivity contribution in [1.29, 1.82) is 0 Å². The molecule has 7 nitrogen and oxygen atoms in total. The molecule has 0 radical (unpaired) electrons. The van der Waals surface area contributed by atoms with Crippen LogP contribution < -0.4 is 10.5 Å². The Bertz CT molecular complexity index is 1300. The third-order valence-electron chi connectivity index (χ3n) is 6.28. The van der Waals surface area contributed by atoms with Crippen molar-refractivity contribution in [2.45, 2.75) is 26.3 Å². The summed E-state index contributed by atoms with van der Waals surface area (Å²) >= 11 is 2.32. The van der Waals surface area contributed by atoms with Crippen LogP contribution in [0.4, 0.5) is 0 Å². The van der Waals surface area contributed by atoms with E-state index in [0.717, 1.165) is 65.6 Å². The fourth-order valence-electron chi connectivity index (χ4n) is 4.75. The molecule has 5 rings (SSSR count). The maximum atomic E-state index is 6.08. The van der Waals surface area contributed by atoms with Crippen molar-refractivity contribution in [3.8, 4) is 34.4 Å². The van der Waals surface area contributed by atoms with E-state index >= 15 is 0 Å². The molecule has 4 aromatic rings. The van der Waals surface area contributed by atoms with Crippen molar-refractivity contribution in [1.82, 2.24) is 24.4 Å². The molecule has 0 amide bonds. The smallest absolute Gasteiger partial charge is 0.322 e. The first kappa shape index (κ1) is 23.9. The number of aromatic nitrogens is 4. The highest BCUT2D eigenvalue weighted by Gasteiger charge is 2.28. The molecule has 1 atom stereocenters. The van der Waals surface area contributed by atoms with Crippen molar-refractivity contribution >= 4 is 22.6 Å². The van der Waals surface area contributed by atoms with Crippen molar-refractivity contribution in [2.24, 2.45) is 5.73 Å². The molecule has 2 aromatic heterocycles. The van der Waals surface area contributed by atoms with E-state index in [4.69, 9.17) is 20.4 Å². The monoisotopic (exact) mass is 580 g/mol. The van der Waals surface area contributed by atoms with Gasteiger partial charge in [-0.3, -0.25) is 4.90 Å². The highest BCUT2D eigenvalue weighted by Crippen LogP contribution is 2.35. The third kappa shape index (κ3) is 5.39. The second-order valence-electron chi connectivity index (χ2n) is 9.04. The molecule has 2 N–H and O–H groups in total. The van der Waals surface area contributed by atoms with Crippen LogP contribution in [0, 0.1) is 17.4 Å². The van der Waals surface area contributed by atoms with Gasteiger partial charge < -0.3 is 15.0 Å². The Morgan fingerprint density at radius 1 is 1.06 bits per heavy atom. The number of hydrogen-bond donors (Lipinski definition) is 1. The first-order chi connectivity index (χ1) is 17.0. The largest absolute Gasteiger partial charge is 0.424 e. The maximum Gasteiger partial charge on any atom is 0.322 e. The van der Waals surface area contributed by atoms with Crippen molar-refractivity contribution in [3.05, 3.63) is 75.8 Å². The number of ether oxygens (including phenoxy) is 1. The number of hydrogen-bond acceptors (Lipinski definition) is 6. The number of nitrogens with two attached hydrogens (primary N) is 1. The summed E-state index contributed by atoms with van der Waals surface area (Å²) in [6, 6.07) is 17.1. The normalized spacial score (nSPS) is 16.1. The Morgan fingerprint density at radius 2 is 1.83 bits per heavy atom. The van der Waals surface area contributed by atoms with Gasteiger partial charge in [-0.25, -0.2) is 9.97 Å². The molecule has 0 aliphatic carbocycles. The van der Waals surface area contributed by atoms with E-state index in [2.05, 4.69) is 81.2 Å². The Balaban J connectivity index is 1.55. The Morgan fingerprint density at radius 3 is 2.57 bits per heavy atom. The second kappa shape index (κ2) is 10.4. The fraction of sp³-hybridized carbons (Fsp3) is 0.296. The van der Waals surface area contributed by atoms with Gasteiger partial charge in [-0.2, -0.15) is 4.98 Å². The molecule has 0 saturated carbocycles. The zero-order chi connectivity index (χ0) is 24.4. The molecule has 0 unspecified atom stereocenters. The Hall–Kier alpha value is -2.82. The molecule has 1 aliphatic rings. The molecule has 35 heavy (non-hydrogen) atoms. The molecular weight excluding hydrogens is 551 g/mol. The van der Waals surface area contributed by atoms with E-state index in [-0.39, 0.29) is 0 Å². The summed E-state index contributed by atoms with van der Waals surface area (Å²) in [5, 5.41) is 0. The minimum absolute atomic E-state index is 0.306. The van der Waals surface area contributed by atoms with Crippen LogP contribution in [0.25, 0.3) is 22.6 Å². The summed E-state index contributed by atoms with van der Waals surface area (Å²) in [7, 11) is 0. The predicted octanol–water partition coefficient (Wildman–Crippen LogP) is 5.23. The van der Waals surface area contributed by atoms with E-state index in [0.29, 0.717) is 18.6 Å². The number of halogens is 1. The Labute approximate surface area is 219 Å². The number of likely N-dealkylation sites (tertiary alicyclic amines) is 1. The number of rotatable bonds is 7. The average molecular weight is 580 g/mol. The fourth-order valence-corrected chi connectivity index (χ4v) is 5.11. The molecule has 180 valence electrons. The SMILES string of the molecule is Cc1cc(C)cc(Oc2nccc(-c3c(-c4ccc(I)cc4)ncn3[C@H]3CCN(CCN)C3)n2)c1. The van der Waals surface area contributed by atoms with Gasteiger partial charge in [0.1, 0.15) is 5.75 Å². The van der Waals surface area contributed by atoms with E-state index in [9.17, 15) is 0 Å².